The number of hydrogen-bond donors (Lipinski definition) is 4. The van der Waals surface area contributed by atoms with Crippen LogP contribution < -0.4 is 115 Å². The molecule has 4 aromatic carbocycles. The van der Waals surface area contributed by atoms with Crippen LogP contribution in [0, 0.1) is 0 Å². The summed E-state index contributed by atoms with van der Waals surface area (Å²) in [6.45, 7) is 1.07. The zero-order chi connectivity index (χ0) is 32.6. The number of benzene rings is 4. The van der Waals surface area contributed by atoms with Gasteiger partial charge < -0.3 is 30.7 Å². The molecule has 228 valence electrons. The second-order valence-electron chi connectivity index (χ2n) is 8.92. The molecule has 4 aromatic rings. The van der Waals surface area contributed by atoms with Crippen molar-refractivity contribution in [2.45, 2.75) is 16.7 Å². The Labute approximate surface area is 333 Å². The monoisotopic (exact) mass is 710 g/mol. The Bertz CT molecular complexity index is 2140. The summed E-state index contributed by atoms with van der Waals surface area (Å²) < 4.78 is 67.8. The summed E-state index contributed by atoms with van der Waals surface area (Å²) >= 11 is 0. The first-order valence-corrected chi connectivity index (χ1v) is 14.7. The van der Waals surface area contributed by atoms with Crippen LogP contribution in [-0.2, 0) is 25.0 Å². The fourth-order valence-electron chi connectivity index (χ4n) is 4.02. The van der Waals surface area contributed by atoms with Crippen molar-refractivity contribution in [2.75, 3.05) is 10.6 Å². The zero-order valence-electron chi connectivity index (χ0n) is 25.0. The topological polar surface area (TPSA) is 278 Å². The number of carbonyl (C=O) groups excluding carboxylic acids is 3. The number of aromatic carboxylic acids is 1. The van der Waals surface area contributed by atoms with Gasteiger partial charge in [0.25, 0.3) is 26.1 Å². The Morgan fingerprint density at radius 3 is 2.00 bits per heavy atom. The average Bonchev–Trinajstić information content (AvgIpc) is 2.91. The van der Waals surface area contributed by atoms with Crippen LogP contribution >= 0.6 is 0 Å². The fourth-order valence-corrected chi connectivity index (χ4v) is 5.34. The van der Waals surface area contributed by atoms with Crippen LogP contribution in [0.5, 0.6) is 11.5 Å². The third kappa shape index (κ3) is 10.0. The molecular weight excluding hydrogens is 693 g/mol. The molecule has 0 aliphatic heterocycles. The van der Waals surface area contributed by atoms with Gasteiger partial charge in [-0.25, -0.2) is 0 Å². The molecule has 2 amide bonds. The van der Waals surface area contributed by atoms with E-state index in [-0.39, 0.29) is 111 Å². The Hall–Kier alpha value is -2.43. The van der Waals surface area contributed by atoms with Gasteiger partial charge in [-0.2, -0.15) is 21.9 Å². The number of carbonyl (C=O) groups is 3. The molecule has 47 heavy (non-hydrogen) atoms. The minimum Gasteiger partial charge on any atom is -0.872 e. The van der Waals surface area contributed by atoms with Crippen LogP contribution in [0.15, 0.2) is 80.7 Å². The van der Waals surface area contributed by atoms with Crippen molar-refractivity contribution >= 4 is 71.5 Å². The predicted octanol–water partition coefficient (Wildman–Crippen LogP) is -7.52. The van der Waals surface area contributed by atoms with Gasteiger partial charge in [-0.15, -0.1) is 5.11 Å². The standard InChI is InChI=1S/C26H20N4O12S2.3Na/c1-12(31)27-18-6-8-20(43(37,38)39)17-11-21(44(40,41)42)23(24(33)22(17)18)30-29-15-4-2-3-13(9-15)25(34)28-14-5-7-19(32)16(10-14)26(35)36;;;/h2-11,32-33H,1H3,(H,27,31)(H,28,34)(H,35,36)(H,37,38,39)(H,40,41,42);;;/q;3*+1/p-3. The van der Waals surface area contributed by atoms with E-state index >= 15 is 0 Å². The molecule has 0 saturated heterocycles. The molecule has 0 saturated carbocycles. The van der Waals surface area contributed by atoms with Crippen molar-refractivity contribution in [3.63, 3.8) is 0 Å². The van der Waals surface area contributed by atoms with E-state index < -0.39 is 81.3 Å². The van der Waals surface area contributed by atoms with E-state index in [1.807, 2.05) is 0 Å². The molecule has 0 fully saturated rings. The molecule has 0 bridgehead atoms. The van der Waals surface area contributed by atoms with Crippen molar-refractivity contribution in [1.82, 2.24) is 0 Å². The molecule has 0 aromatic heterocycles. The number of carboxylic acid groups (broad SMARTS) is 1. The molecule has 0 atom stereocenters. The van der Waals surface area contributed by atoms with Crippen molar-refractivity contribution in [3.05, 3.63) is 71.8 Å². The third-order valence-corrected chi connectivity index (χ3v) is 7.63. The summed E-state index contributed by atoms with van der Waals surface area (Å²) in [6.07, 6.45) is 0. The van der Waals surface area contributed by atoms with E-state index in [0.29, 0.717) is 6.07 Å². The normalized spacial score (nSPS) is 11.1. The van der Waals surface area contributed by atoms with Gasteiger partial charge in [-0.3, -0.25) is 18.7 Å². The molecule has 0 unspecified atom stereocenters. The number of nitrogens with zero attached hydrogens (tertiary/aromatic N) is 2. The summed E-state index contributed by atoms with van der Waals surface area (Å²) in [4.78, 5) is 33.5. The van der Waals surface area contributed by atoms with Gasteiger partial charge in [0, 0.05) is 34.6 Å². The quantitative estimate of drug-likeness (QED) is 0.0754. The molecule has 0 aliphatic carbocycles. The Morgan fingerprint density at radius 2 is 1.43 bits per heavy atom. The first-order valence-electron chi connectivity index (χ1n) is 11.9. The van der Waals surface area contributed by atoms with Gasteiger partial charge in [0.2, 0.25) is 5.91 Å². The molecule has 21 heteroatoms. The van der Waals surface area contributed by atoms with Crippen LogP contribution in [-0.4, -0.2) is 43.7 Å². The predicted molar refractivity (Wildman–Crippen MR) is 146 cm³/mol. The Morgan fingerprint density at radius 1 is 0.787 bits per heavy atom. The van der Waals surface area contributed by atoms with Gasteiger partial charge in [0.15, 0.2) is 0 Å². The first-order chi connectivity index (χ1) is 20.5. The van der Waals surface area contributed by atoms with Crippen molar-refractivity contribution < 1.29 is 144 Å². The number of hydrogen-bond acceptors (Lipinski definition) is 12. The molecule has 0 spiro atoms. The SMILES string of the molecule is CC(=O)Nc1ccc(S(=O)(=O)O)c2cc(S(=O)(=O)O)c(N=Nc3cccc(C(=O)Nc4ccc([O-])c(C(=O)[O-])c4)c3)c([O-])c12.[Na+].[Na+].[Na+]. The number of amides is 2. The maximum absolute atomic E-state index is 13.5. The van der Waals surface area contributed by atoms with E-state index in [9.17, 15) is 55.6 Å². The van der Waals surface area contributed by atoms with Gasteiger partial charge in [0.1, 0.15) is 9.79 Å². The van der Waals surface area contributed by atoms with E-state index in [4.69, 9.17) is 0 Å². The van der Waals surface area contributed by atoms with Crippen molar-refractivity contribution in [2.24, 2.45) is 10.2 Å². The maximum atomic E-state index is 13.5. The summed E-state index contributed by atoms with van der Waals surface area (Å²) in [5.41, 5.74) is -2.21. The molecular formula is C26H17N4Na3O12S2. The van der Waals surface area contributed by atoms with Gasteiger partial charge in [0.05, 0.1) is 17.3 Å². The molecule has 0 aliphatic rings. The molecule has 4 rings (SSSR count). The largest absolute Gasteiger partial charge is 1.00 e. The first kappa shape index (κ1) is 42.6. The van der Waals surface area contributed by atoms with Crippen molar-refractivity contribution in [1.29, 1.82) is 0 Å². The Balaban J connectivity index is 0.00000368. The van der Waals surface area contributed by atoms with Gasteiger partial charge >= 0.3 is 88.7 Å². The molecule has 4 N–H and O–H groups in total. The van der Waals surface area contributed by atoms with E-state index in [1.165, 1.54) is 18.2 Å². The molecule has 0 radical (unpaired) electrons. The number of fused-ring (bicyclic) bond motifs is 1. The van der Waals surface area contributed by atoms with E-state index in [1.54, 1.807) is 0 Å². The second-order valence-corrected chi connectivity index (χ2v) is 11.7. The summed E-state index contributed by atoms with van der Waals surface area (Å²) in [6, 6.07) is 10.4. The number of nitrogens with one attached hydrogen (secondary N) is 2. The Kier molecular flexibility index (Phi) is 15.2. The van der Waals surface area contributed by atoms with Crippen LogP contribution in [0.3, 0.4) is 0 Å². The summed E-state index contributed by atoms with van der Waals surface area (Å²) in [5, 5.41) is 47.0. The van der Waals surface area contributed by atoms with Crippen LogP contribution in [0.4, 0.5) is 22.7 Å². The number of azo groups is 1. The molecule has 0 heterocycles. The fraction of sp³-hybridized carbons (Fsp3) is 0.0385. The van der Waals surface area contributed by atoms with Crippen LogP contribution in [0.1, 0.15) is 27.6 Å². The van der Waals surface area contributed by atoms with Gasteiger partial charge in [-0.05, 0) is 54.1 Å². The second kappa shape index (κ2) is 16.8. The van der Waals surface area contributed by atoms with Crippen LogP contribution in [0.2, 0.25) is 0 Å². The number of anilines is 2. The van der Waals surface area contributed by atoms with E-state index in [0.717, 1.165) is 43.3 Å². The minimum atomic E-state index is -5.27. The number of rotatable bonds is 8. The van der Waals surface area contributed by atoms with Crippen molar-refractivity contribution in [3.8, 4) is 11.5 Å². The van der Waals surface area contributed by atoms with Crippen LogP contribution in [0.25, 0.3) is 10.8 Å². The zero-order valence-corrected chi connectivity index (χ0v) is 32.6. The van der Waals surface area contributed by atoms with Gasteiger partial charge in [-0.1, -0.05) is 23.6 Å². The number of carboxylic acids is 1. The summed E-state index contributed by atoms with van der Waals surface area (Å²) in [7, 11) is -10.3. The maximum Gasteiger partial charge on any atom is 1.00 e. The average molecular weight is 711 g/mol. The smallest absolute Gasteiger partial charge is 0.872 e. The van der Waals surface area contributed by atoms with E-state index in [2.05, 4.69) is 20.9 Å². The third-order valence-electron chi connectivity index (χ3n) is 5.85. The molecule has 16 nitrogen and oxygen atoms in total. The minimum absolute atomic E-state index is 0. The summed E-state index contributed by atoms with van der Waals surface area (Å²) in [5.74, 6) is -5.37.